The van der Waals surface area contributed by atoms with Gasteiger partial charge in [-0.05, 0) is 24.1 Å². The minimum atomic E-state index is 0.924. The second kappa shape index (κ2) is 4.82. The van der Waals surface area contributed by atoms with E-state index in [4.69, 9.17) is 4.74 Å². The molecule has 0 saturated heterocycles. The van der Waals surface area contributed by atoms with E-state index < -0.39 is 0 Å². The van der Waals surface area contributed by atoms with E-state index in [1.54, 1.807) is 7.11 Å². The Bertz CT molecular complexity index is 360. The summed E-state index contributed by atoms with van der Waals surface area (Å²) in [6.07, 6.45) is 2.01. The predicted molar refractivity (Wildman–Crippen MR) is 61.6 cm³/mol. The Labute approximate surface area is 90.2 Å². The van der Waals surface area contributed by atoms with Gasteiger partial charge < -0.3 is 10.1 Å². The van der Waals surface area contributed by atoms with Crippen molar-refractivity contribution >= 4 is 5.84 Å². The molecule has 0 spiro atoms. The van der Waals surface area contributed by atoms with Crippen LogP contribution in [0.4, 0.5) is 0 Å². The highest BCUT2D eigenvalue weighted by Gasteiger charge is 2.05. The molecule has 2 rings (SSSR count). The van der Waals surface area contributed by atoms with Crippen LogP contribution < -0.4 is 10.1 Å². The number of aliphatic imine (C=N–C) groups is 1. The summed E-state index contributed by atoms with van der Waals surface area (Å²) >= 11 is 0. The first-order valence-electron chi connectivity index (χ1n) is 5.28. The molecule has 0 atom stereocenters. The first-order chi connectivity index (χ1) is 7.38. The summed E-state index contributed by atoms with van der Waals surface area (Å²) in [6, 6.07) is 8.19. The SMILES string of the molecule is COc1cccc(CCC2=NCCN2)c1. The second-order valence-electron chi connectivity index (χ2n) is 3.61. The van der Waals surface area contributed by atoms with Crippen molar-refractivity contribution in [2.45, 2.75) is 12.8 Å². The van der Waals surface area contributed by atoms with Crippen molar-refractivity contribution in [2.24, 2.45) is 4.99 Å². The molecule has 0 fully saturated rings. The van der Waals surface area contributed by atoms with Crippen molar-refractivity contribution in [1.82, 2.24) is 5.32 Å². The molecule has 0 radical (unpaired) electrons. The number of hydrogen-bond acceptors (Lipinski definition) is 3. The van der Waals surface area contributed by atoms with Gasteiger partial charge in [0.15, 0.2) is 0 Å². The number of aryl methyl sites for hydroxylation is 1. The van der Waals surface area contributed by atoms with Crippen molar-refractivity contribution in [3.8, 4) is 5.75 Å². The lowest BCUT2D eigenvalue weighted by atomic mass is 10.1. The van der Waals surface area contributed by atoms with Crippen molar-refractivity contribution in [1.29, 1.82) is 0 Å². The fraction of sp³-hybridized carbons (Fsp3) is 0.417. The lowest BCUT2D eigenvalue weighted by molar-refractivity contribution is 0.414. The number of ether oxygens (including phenoxy) is 1. The largest absolute Gasteiger partial charge is 0.497 e. The van der Waals surface area contributed by atoms with Gasteiger partial charge in [0.05, 0.1) is 19.5 Å². The quantitative estimate of drug-likeness (QED) is 0.808. The van der Waals surface area contributed by atoms with Gasteiger partial charge in [-0.3, -0.25) is 4.99 Å². The molecule has 3 nitrogen and oxygen atoms in total. The normalized spacial score (nSPS) is 14.6. The summed E-state index contributed by atoms with van der Waals surface area (Å²) in [6.45, 7) is 1.92. The van der Waals surface area contributed by atoms with Gasteiger partial charge >= 0.3 is 0 Å². The van der Waals surface area contributed by atoms with E-state index in [0.717, 1.165) is 37.5 Å². The highest BCUT2D eigenvalue weighted by Crippen LogP contribution is 2.14. The van der Waals surface area contributed by atoms with Crippen LogP contribution in [-0.4, -0.2) is 26.0 Å². The van der Waals surface area contributed by atoms with E-state index in [0.29, 0.717) is 0 Å². The molecule has 0 unspecified atom stereocenters. The smallest absolute Gasteiger partial charge is 0.119 e. The van der Waals surface area contributed by atoms with Crippen LogP contribution in [0.2, 0.25) is 0 Å². The molecule has 1 heterocycles. The zero-order chi connectivity index (χ0) is 10.5. The summed E-state index contributed by atoms with van der Waals surface area (Å²) in [4.78, 5) is 4.37. The Morgan fingerprint density at radius 3 is 3.07 bits per heavy atom. The summed E-state index contributed by atoms with van der Waals surface area (Å²) in [5.41, 5.74) is 1.30. The first kappa shape index (κ1) is 10.0. The molecule has 1 N–H and O–H groups in total. The highest BCUT2D eigenvalue weighted by molar-refractivity contribution is 5.83. The summed E-state index contributed by atoms with van der Waals surface area (Å²) in [5, 5.41) is 3.27. The number of rotatable bonds is 4. The number of nitrogens with zero attached hydrogens (tertiary/aromatic N) is 1. The van der Waals surface area contributed by atoms with Crippen LogP contribution in [0.3, 0.4) is 0 Å². The Morgan fingerprint density at radius 2 is 2.33 bits per heavy atom. The van der Waals surface area contributed by atoms with Crippen LogP contribution >= 0.6 is 0 Å². The highest BCUT2D eigenvalue weighted by atomic mass is 16.5. The van der Waals surface area contributed by atoms with Crippen molar-refractivity contribution in [3.63, 3.8) is 0 Å². The van der Waals surface area contributed by atoms with E-state index in [-0.39, 0.29) is 0 Å². The number of amidine groups is 1. The number of nitrogens with one attached hydrogen (secondary N) is 1. The van der Waals surface area contributed by atoms with Crippen LogP contribution in [-0.2, 0) is 6.42 Å². The van der Waals surface area contributed by atoms with E-state index in [1.807, 2.05) is 12.1 Å². The zero-order valence-corrected chi connectivity index (χ0v) is 8.99. The topological polar surface area (TPSA) is 33.6 Å². The van der Waals surface area contributed by atoms with Crippen molar-refractivity contribution in [2.75, 3.05) is 20.2 Å². The summed E-state index contributed by atoms with van der Waals surface area (Å²) < 4.78 is 5.18. The zero-order valence-electron chi connectivity index (χ0n) is 8.99. The second-order valence-corrected chi connectivity index (χ2v) is 3.61. The van der Waals surface area contributed by atoms with Crippen LogP contribution in [0.1, 0.15) is 12.0 Å². The van der Waals surface area contributed by atoms with Crippen LogP contribution in [0, 0.1) is 0 Å². The molecule has 1 aromatic rings. The fourth-order valence-electron chi connectivity index (χ4n) is 1.71. The average Bonchev–Trinajstić information content (AvgIpc) is 2.79. The molecule has 0 saturated carbocycles. The maximum atomic E-state index is 5.18. The van der Waals surface area contributed by atoms with Crippen molar-refractivity contribution in [3.05, 3.63) is 29.8 Å². The number of benzene rings is 1. The Morgan fingerprint density at radius 1 is 1.40 bits per heavy atom. The monoisotopic (exact) mass is 204 g/mol. The van der Waals surface area contributed by atoms with Crippen molar-refractivity contribution < 1.29 is 4.74 Å². The number of hydrogen-bond donors (Lipinski definition) is 1. The van der Waals surface area contributed by atoms with Gasteiger partial charge in [-0.1, -0.05) is 12.1 Å². The maximum Gasteiger partial charge on any atom is 0.119 e. The van der Waals surface area contributed by atoms with E-state index in [1.165, 1.54) is 5.56 Å². The van der Waals surface area contributed by atoms with Gasteiger partial charge in [-0.15, -0.1) is 0 Å². The van der Waals surface area contributed by atoms with E-state index in [2.05, 4.69) is 22.4 Å². The molecule has 1 aliphatic rings. The van der Waals surface area contributed by atoms with Gasteiger partial charge in [0.25, 0.3) is 0 Å². The molecule has 0 bridgehead atoms. The summed E-state index contributed by atoms with van der Waals surface area (Å²) in [7, 11) is 1.70. The molecule has 0 aromatic heterocycles. The van der Waals surface area contributed by atoms with Gasteiger partial charge in [-0.2, -0.15) is 0 Å². The Kier molecular flexibility index (Phi) is 3.22. The summed E-state index contributed by atoms with van der Waals surface area (Å²) in [5.74, 6) is 2.06. The third-order valence-electron chi connectivity index (χ3n) is 2.53. The van der Waals surface area contributed by atoms with E-state index >= 15 is 0 Å². The molecular weight excluding hydrogens is 188 g/mol. The minimum absolute atomic E-state index is 0.924. The average molecular weight is 204 g/mol. The lowest BCUT2D eigenvalue weighted by Crippen LogP contribution is -2.18. The fourth-order valence-corrected chi connectivity index (χ4v) is 1.71. The van der Waals surface area contributed by atoms with Crippen LogP contribution in [0.5, 0.6) is 5.75 Å². The Hall–Kier alpha value is -1.51. The van der Waals surface area contributed by atoms with Gasteiger partial charge in [0.2, 0.25) is 0 Å². The predicted octanol–water partition coefficient (Wildman–Crippen LogP) is 1.63. The molecule has 15 heavy (non-hydrogen) atoms. The Balaban J connectivity index is 1.92. The van der Waals surface area contributed by atoms with Crippen LogP contribution in [0.15, 0.2) is 29.3 Å². The van der Waals surface area contributed by atoms with E-state index in [9.17, 15) is 0 Å². The molecule has 1 aliphatic heterocycles. The van der Waals surface area contributed by atoms with Crippen LogP contribution in [0.25, 0.3) is 0 Å². The third kappa shape index (κ3) is 2.72. The minimum Gasteiger partial charge on any atom is -0.497 e. The number of methoxy groups -OCH3 is 1. The maximum absolute atomic E-state index is 5.18. The standard InChI is InChI=1S/C12H16N2O/c1-15-11-4-2-3-10(9-11)5-6-12-13-7-8-14-12/h2-4,9H,5-8H2,1H3,(H,13,14). The molecule has 0 aliphatic carbocycles. The first-order valence-corrected chi connectivity index (χ1v) is 5.28. The van der Waals surface area contributed by atoms with Gasteiger partial charge in [0.1, 0.15) is 5.75 Å². The molecule has 1 aromatic carbocycles. The molecular formula is C12H16N2O. The lowest BCUT2D eigenvalue weighted by Gasteiger charge is -2.04. The molecule has 0 amide bonds. The van der Waals surface area contributed by atoms with Gasteiger partial charge in [0, 0.05) is 13.0 Å². The molecule has 3 heteroatoms. The third-order valence-corrected chi connectivity index (χ3v) is 2.53. The van der Waals surface area contributed by atoms with Gasteiger partial charge in [-0.25, -0.2) is 0 Å². The molecule has 80 valence electrons.